The van der Waals surface area contributed by atoms with Crippen LogP contribution in [0.1, 0.15) is 24.2 Å². The lowest BCUT2D eigenvalue weighted by Gasteiger charge is -2.25. The maximum Gasteiger partial charge on any atom is 0.228 e. The zero-order valence-corrected chi connectivity index (χ0v) is 15.2. The number of aromatic nitrogens is 1. The minimum atomic E-state index is -0.0473. The lowest BCUT2D eigenvalue weighted by Crippen LogP contribution is -2.31. The molecule has 1 amide bonds. The Balaban J connectivity index is 1.66. The minimum absolute atomic E-state index is 0.0128. The van der Waals surface area contributed by atoms with E-state index in [9.17, 15) is 4.79 Å². The number of likely N-dealkylation sites (N-methyl/N-ethyl adjacent to an activating group) is 1. The van der Waals surface area contributed by atoms with E-state index in [0.29, 0.717) is 11.6 Å². The van der Waals surface area contributed by atoms with Gasteiger partial charge in [-0.05, 0) is 36.8 Å². The van der Waals surface area contributed by atoms with Crippen LogP contribution in [-0.4, -0.2) is 29.9 Å². The molecule has 0 aliphatic heterocycles. The molecule has 5 nitrogen and oxygen atoms in total. The van der Waals surface area contributed by atoms with Crippen molar-refractivity contribution in [2.45, 2.75) is 19.4 Å². The van der Waals surface area contributed by atoms with E-state index in [1.165, 1.54) is 0 Å². The standard InChI is InChI=1S/C21H22N2O3/c1-15(16-9-11-19(25-3)12-10-16)23(2)20(24)13-18-14-26-21(22-18)17-7-5-4-6-8-17/h4-12,14-15H,13H2,1-3H3. The molecule has 0 saturated carbocycles. The Morgan fingerprint density at radius 2 is 1.85 bits per heavy atom. The third kappa shape index (κ3) is 3.94. The van der Waals surface area contributed by atoms with Crippen molar-refractivity contribution in [2.75, 3.05) is 14.2 Å². The summed E-state index contributed by atoms with van der Waals surface area (Å²) in [6.45, 7) is 2.00. The highest BCUT2D eigenvalue weighted by Gasteiger charge is 2.19. The van der Waals surface area contributed by atoms with Crippen LogP contribution >= 0.6 is 0 Å². The summed E-state index contributed by atoms with van der Waals surface area (Å²) < 4.78 is 10.7. The molecule has 134 valence electrons. The average Bonchev–Trinajstić information content (AvgIpc) is 3.16. The molecule has 0 bridgehead atoms. The van der Waals surface area contributed by atoms with Crippen LogP contribution in [0.2, 0.25) is 0 Å². The molecule has 3 rings (SSSR count). The molecule has 0 spiro atoms. The molecule has 0 fully saturated rings. The third-order valence-electron chi connectivity index (χ3n) is 4.48. The van der Waals surface area contributed by atoms with Crippen molar-refractivity contribution in [3.63, 3.8) is 0 Å². The van der Waals surface area contributed by atoms with E-state index in [4.69, 9.17) is 9.15 Å². The Morgan fingerprint density at radius 3 is 2.50 bits per heavy atom. The topological polar surface area (TPSA) is 55.6 Å². The van der Waals surface area contributed by atoms with Gasteiger partial charge in [0.25, 0.3) is 0 Å². The van der Waals surface area contributed by atoms with Gasteiger partial charge in [0.05, 0.1) is 25.3 Å². The Kier molecular flexibility index (Phi) is 5.37. The highest BCUT2D eigenvalue weighted by Crippen LogP contribution is 2.23. The van der Waals surface area contributed by atoms with Gasteiger partial charge in [-0.1, -0.05) is 30.3 Å². The lowest BCUT2D eigenvalue weighted by molar-refractivity contribution is -0.131. The number of benzene rings is 2. The van der Waals surface area contributed by atoms with Gasteiger partial charge < -0.3 is 14.1 Å². The van der Waals surface area contributed by atoms with Crippen LogP contribution < -0.4 is 4.74 Å². The second kappa shape index (κ2) is 7.87. The van der Waals surface area contributed by atoms with Gasteiger partial charge >= 0.3 is 0 Å². The third-order valence-corrected chi connectivity index (χ3v) is 4.48. The normalized spacial score (nSPS) is 11.8. The number of rotatable bonds is 6. The number of amides is 1. The Hall–Kier alpha value is -3.08. The quantitative estimate of drug-likeness (QED) is 0.671. The van der Waals surface area contributed by atoms with Crippen molar-refractivity contribution < 1.29 is 13.9 Å². The van der Waals surface area contributed by atoms with Crippen molar-refractivity contribution in [3.05, 3.63) is 72.1 Å². The molecular formula is C21H22N2O3. The number of hydrogen-bond acceptors (Lipinski definition) is 4. The summed E-state index contributed by atoms with van der Waals surface area (Å²) in [5.74, 6) is 1.31. The number of ether oxygens (including phenoxy) is 1. The summed E-state index contributed by atoms with van der Waals surface area (Å²) in [7, 11) is 3.44. The molecule has 3 aromatic rings. The Bertz CT molecular complexity index is 856. The highest BCUT2D eigenvalue weighted by atomic mass is 16.5. The van der Waals surface area contributed by atoms with Gasteiger partial charge in [0.1, 0.15) is 12.0 Å². The zero-order valence-electron chi connectivity index (χ0n) is 15.2. The van der Waals surface area contributed by atoms with Crippen molar-refractivity contribution in [2.24, 2.45) is 0 Å². The van der Waals surface area contributed by atoms with Crippen molar-refractivity contribution in [1.82, 2.24) is 9.88 Å². The first kappa shape index (κ1) is 17.7. The number of carbonyl (C=O) groups is 1. The van der Waals surface area contributed by atoms with E-state index in [2.05, 4.69) is 4.98 Å². The molecule has 5 heteroatoms. The van der Waals surface area contributed by atoms with Gasteiger partial charge in [0.2, 0.25) is 11.8 Å². The first-order chi connectivity index (χ1) is 12.6. The first-order valence-corrected chi connectivity index (χ1v) is 8.48. The maximum atomic E-state index is 12.6. The molecular weight excluding hydrogens is 328 g/mol. The summed E-state index contributed by atoms with van der Waals surface area (Å²) >= 11 is 0. The van der Waals surface area contributed by atoms with E-state index >= 15 is 0 Å². The van der Waals surface area contributed by atoms with Gasteiger partial charge in [0.15, 0.2) is 0 Å². The SMILES string of the molecule is COc1ccc(C(C)N(C)C(=O)Cc2coc(-c3ccccc3)n2)cc1. The van der Waals surface area contributed by atoms with Crippen LogP contribution in [0.15, 0.2) is 65.3 Å². The highest BCUT2D eigenvalue weighted by molar-refractivity contribution is 5.78. The van der Waals surface area contributed by atoms with Crippen LogP contribution in [0.4, 0.5) is 0 Å². The predicted molar refractivity (Wildman–Crippen MR) is 99.8 cm³/mol. The zero-order chi connectivity index (χ0) is 18.5. The van der Waals surface area contributed by atoms with E-state index in [1.807, 2.05) is 61.5 Å². The fraction of sp³-hybridized carbons (Fsp3) is 0.238. The fourth-order valence-electron chi connectivity index (χ4n) is 2.70. The number of nitrogens with zero attached hydrogens (tertiary/aromatic N) is 2. The van der Waals surface area contributed by atoms with Crippen molar-refractivity contribution >= 4 is 5.91 Å². The van der Waals surface area contributed by atoms with Crippen LogP contribution in [0.5, 0.6) is 5.75 Å². The number of hydrogen-bond donors (Lipinski definition) is 0. The summed E-state index contributed by atoms with van der Waals surface area (Å²) in [6.07, 6.45) is 1.75. The van der Waals surface area contributed by atoms with Crippen LogP contribution in [0, 0.1) is 0 Å². The molecule has 0 radical (unpaired) electrons. The number of methoxy groups -OCH3 is 1. The largest absolute Gasteiger partial charge is 0.497 e. The molecule has 1 unspecified atom stereocenters. The van der Waals surface area contributed by atoms with Gasteiger partial charge in [-0.15, -0.1) is 0 Å². The second-order valence-electron chi connectivity index (χ2n) is 6.14. The Labute approximate surface area is 153 Å². The summed E-state index contributed by atoms with van der Waals surface area (Å²) in [5, 5.41) is 0. The monoisotopic (exact) mass is 350 g/mol. The molecule has 26 heavy (non-hydrogen) atoms. The van der Waals surface area contributed by atoms with E-state index in [0.717, 1.165) is 16.9 Å². The molecule has 0 saturated heterocycles. The minimum Gasteiger partial charge on any atom is -0.497 e. The molecule has 0 aliphatic carbocycles. The molecule has 2 aromatic carbocycles. The predicted octanol–water partition coefficient (Wildman–Crippen LogP) is 4.11. The smallest absolute Gasteiger partial charge is 0.228 e. The van der Waals surface area contributed by atoms with Crippen molar-refractivity contribution in [1.29, 1.82) is 0 Å². The maximum absolute atomic E-state index is 12.6. The van der Waals surface area contributed by atoms with E-state index in [1.54, 1.807) is 25.3 Å². The lowest BCUT2D eigenvalue weighted by atomic mass is 10.1. The van der Waals surface area contributed by atoms with Crippen LogP contribution in [0.25, 0.3) is 11.5 Å². The number of oxazole rings is 1. The van der Waals surface area contributed by atoms with Gasteiger partial charge in [-0.2, -0.15) is 0 Å². The molecule has 0 N–H and O–H groups in total. The average molecular weight is 350 g/mol. The summed E-state index contributed by atoms with van der Waals surface area (Å²) in [6, 6.07) is 17.3. The van der Waals surface area contributed by atoms with Gasteiger partial charge in [-0.25, -0.2) is 4.98 Å². The molecule has 0 aliphatic rings. The molecule has 1 atom stereocenters. The van der Waals surface area contributed by atoms with Crippen molar-refractivity contribution in [3.8, 4) is 17.2 Å². The number of carbonyl (C=O) groups excluding carboxylic acids is 1. The molecule has 1 heterocycles. The van der Waals surface area contributed by atoms with E-state index < -0.39 is 0 Å². The van der Waals surface area contributed by atoms with E-state index in [-0.39, 0.29) is 18.4 Å². The Morgan fingerprint density at radius 1 is 1.15 bits per heavy atom. The summed E-state index contributed by atoms with van der Waals surface area (Å²) in [5.41, 5.74) is 2.57. The van der Waals surface area contributed by atoms with Gasteiger partial charge in [0, 0.05) is 12.6 Å². The van der Waals surface area contributed by atoms with Crippen LogP contribution in [-0.2, 0) is 11.2 Å². The first-order valence-electron chi connectivity index (χ1n) is 8.48. The van der Waals surface area contributed by atoms with Crippen LogP contribution in [0.3, 0.4) is 0 Å². The summed E-state index contributed by atoms with van der Waals surface area (Å²) in [4.78, 5) is 18.8. The molecule has 1 aromatic heterocycles. The second-order valence-corrected chi connectivity index (χ2v) is 6.14. The fourth-order valence-corrected chi connectivity index (χ4v) is 2.70. The van der Waals surface area contributed by atoms with Gasteiger partial charge in [-0.3, -0.25) is 4.79 Å².